The van der Waals surface area contributed by atoms with Gasteiger partial charge in [0.05, 0.1) is 5.56 Å². The highest BCUT2D eigenvalue weighted by Gasteiger charge is 2.50. The first-order chi connectivity index (χ1) is 11.3. The Morgan fingerprint density at radius 2 is 2.12 bits per heavy atom. The van der Waals surface area contributed by atoms with Crippen LogP contribution in [0.3, 0.4) is 0 Å². The van der Waals surface area contributed by atoms with E-state index in [4.69, 9.17) is 4.74 Å². The van der Waals surface area contributed by atoms with Crippen molar-refractivity contribution < 1.29 is 27.1 Å². The fraction of sp³-hybridized carbons (Fsp3) is 0.562. The van der Waals surface area contributed by atoms with Crippen molar-refractivity contribution in [1.82, 2.24) is 10.6 Å². The van der Waals surface area contributed by atoms with E-state index in [2.05, 4.69) is 10.6 Å². The van der Waals surface area contributed by atoms with Crippen LogP contribution >= 0.6 is 0 Å². The van der Waals surface area contributed by atoms with Crippen molar-refractivity contribution in [2.24, 2.45) is 0 Å². The fourth-order valence-electron chi connectivity index (χ4n) is 2.94. The molecule has 1 saturated heterocycles. The molecule has 1 heterocycles. The zero-order valence-corrected chi connectivity index (χ0v) is 12.9. The summed E-state index contributed by atoms with van der Waals surface area (Å²) in [6.07, 6.45) is -2.61. The molecule has 0 radical (unpaired) electrons. The highest BCUT2D eigenvalue weighted by atomic mass is 19.4. The lowest BCUT2D eigenvalue weighted by Gasteiger charge is -2.20. The molecule has 1 aliphatic carbocycles. The van der Waals surface area contributed by atoms with Gasteiger partial charge in [-0.3, -0.25) is 0 Å². The second-order valence-corrected chi connectivity index (χ2v) is 6.25. The van der Waals surface area contributed by atoms with Crippen LogP contribution in [0, 0.1) is 5.82 Å². The van der Waals surface area contributed by atoms with Crippen molar-refractivity contribution in [1.29, 1.82) is 0 Å². The van der Waals surface area contributed by atoms with Crippen LogP contribution in [0.1, 0.15) is 36.8 Å². The van der Waals surface area contributed by atoms with E-state index < -0.39 is 29.3 Å². The van der Waals surface area contributed by atoms with Gasteiger partial charge < -0.3 is 15.4 Å². The Balaban J connectivity index is 1.66. The third-order valence-electron chi connectivity index (χ3n) is 4.45. The van der Waals surface area contributed by atoms with Crippen LogP contribution in [0.2, 0.25) is 0 Å². The molecule has 132 valence electrons. The SMILES string of the molecule is O=C(NC[C@H]1CCCN1)OC1(c2ccc(F)c(C(F)(F)F)c2)CC1. The number of ether oxygens (including phenoxy) is 1. The molecule has 1 aromatic rings. The number of nitrogens with one attached hydrogen (secondary N) is 2. The van der Waals surface area contributed by atoms with Gasteiger partial charge in [-0.15, -0.1) is 0 Å². The van der Waals surface area contributed by atoms with Crippen LogP contribution < -0.4 is 10.6 Å². The normalized spacial score (nSPS) is 22.2. The van der Waals surface area contributed by atoms with Gasteiger partial charge in [-0.25, -0.2) is 9.18 Å². The van der Waals surface area contributed by atoms with Crippen LogP contribution in [0.4, 0.5) is 22.4 Å². The van der Waals surface area contributed by atoms with Gasteiger partial charge in [0.15, 0.2) is 0 Å². The number of alkyl carbamates (subject to hydrolysis) is 1. The van der Waals surface area contributed by atoms with Gasteiger partial charge >= 0.3 is 12.3 Å². The average Bonchev–Trinajstić information content (AvgIpc) is 3.09. The van der Waals surface area contributed by atoms with Crippen LogP contribution in [-0.4, -0.2) is 25.2 Å². The molecule has 2 fully saturated rings. The summed E-state index contributed by atoms with van der Waals surface area (Å²) in [6, 6.07) is 2.93. The molecule has 24 heavy (non-hydrogen) atoms. The lowest BCUT2D eigenvalue weighted by molar-refractivity contribution is -0.140. The zero-order chi connectivity index (χ0) is 17.4. The number of hydrogen-bond donors (Lipinski definition) is 2. The molecule has 0 bridgehead atoms. The van der Waals surface area contributed by atoms with Gasteiger partial charge in [0, 0.05) is 12.6 Å². The summed E-state index contributed by atoms with van der Waals surface area (Å²) < 4.78 is 57.2. The Labute approximate surface area is 136 Å². The maximum absolute atomic E-state index is 13.4. The molecule has 0 unspecified atom stereocenters. The molecule has 2 aliphatic rings. The summed E-state index contributed by atoms with van der Waals surface area (Å²) in [5.41, 5.74) is -2.25. The van der Waals surface area contributed by atoms with Gasteiger partial charge in [-0.05, 0) is 49.9 Å². The molecule has 0 spiro atoms. The van der Waals surface area contributed by atoms with Gasteiger partial charge in [0.1, 0.15) is 11.4 Å². The van der Waals surface area contributed by atoms with E-state index in [1.54, 1.807) is 0 Å². The molecular formula is C16H18F4N2O2. The van der Waals surface area contributed by atoms with E-state index in [-0.39, 0.29) is 11.6 Å². The summed E-state index contributed by atoms with van der Waals surface area (Å²) in [5, 5.41) is 5.84. The minimum atomic E-state index is -4.79. The van der Waals surface area contributed by atoms with E-state index in [9.17, 15) is 22.4 Å². The quantitative estimate of drug-likeness (QED) is 0.823. The third kappa shape index (κ3) is 3.63. The first-order valence-electron chi connectivity index (χ1n) is 7.88. The summed E-state index contributed by atoms with van der Waals surface area (Å²) in [7, 11) is 0. The first kappa shape index (κ1) is 17.0. The van der Waals surface area contributed by atoms with Gasteiger partial charge in [-0.1, -0.05) is 6.07 Å². The molecule has 2 N–H and O–H groups in total. The van der Waals surface area contributed by atoms with Crippen molar-refractivity contribution in [2.45, 2.75) is 43.5 Å². The van der Waals surface area contributed by atoms with E-state index in [0.29, 0.717) is 19.4 Å². The fourth-order valence-corrected chi connectivity index (χ4v) is 2.94. The minimum absolute atomic E-state index is 0.172. The van der Waals surface area contributed by atoms with E-state index in [1.807, 2.05) is 0 Å². The summed E-state index contributed by atoms with van der Waals surface area (Å²) in [5.74, 6) is -1.33. The number of hydrogen-bond acceptors (Lipinski definition) is 3. The number of rotatable bonds is 4. The molecule has 8 heteroatoms. The Hall–Kier alpha value is -1.83. The Kier molecular flexibility index (Phi) is 4.42. The second-order valence-electron chi connectivity index (χ2n) is 6.25. The first-order valence-corrected chi connectivity index (χ1v) is 7.88. The number of amides is 1. The predicted octanol–water partition coefficient (Wildman–Crippen LogP) is 3.31. The third-order valence-corrected chi connectivity index (χ3v) is 4.45. The van der Waals surface area contributed by atoms with Crippen LogP contribution in [0.5, 0.6) is 0 Å². The van der Waals surface area contributed by atoms with Crippen molar-refractivity contribution in [2.75, 3.05) is 13.1 Å². The standard InChI is InChI=1S/C16H18F4N2O2/c17-13-4-3-10(8-12(13)16(18,19)20)15(5-6-15)24-14(23)22-9-11-2-1-7-21-11/h3-4,8,11,21H,1-2,5-7,9H2,(H,22,23)/t11-/m1/s1. The van der Waals surface area contributed by atoms with E-state index >= 15 is 0 Å². The summed E-state index contributed by atoms with van der Waals surface area (Å²) in [4.78, 5) is 11.9. The maximum atomic E-state index is 13.4. The molecule has 1 atom stereocenters. The summed E-state index contributed by atoms with van der Waals surface area (Å²) >= 11 is 0. The van der Waals surface area contributed by atoms with E-state index in [1.165, 1.54) is 6.07 Å². The Bertz CT molecular complexity index is 623. The number of alkyl halides is 3. The molecule has 0 aromatic heterocycles. The lowest BCUT2D eigenvalue weighted by atomic mass is 10.0. The molecule has 1 amide bonds. The van der Waals surface area contributed by atoms with Crippen molar-refractivity contribution in [3.05, 3.63) is 35.1 Å². The summed E-state index contributed by atoms with van der Waals surface area (Å²) in [6.45, 7) is 1.31. The molecular weight excluding hydrogens is 328 g/mol. The van der Waals surface area contributed by atoms with Crippen LogP contribution in [0.25, 0.3) is 0 Å². The Morgan fingerprint density at radius 3 is 2.71 bits per heavy atom. The topological polar surface area (TPSA) is 50.4 Å². The largest absolute Gasteiger partial charge is 0.438 e. The Morgan fingerprint density at radius 1 is 1.38 bits per heavy atom. The number of halogens is 4. The molecule has 1 aromatic carbocycles. The highest BCUT2D eigenvalue weighted by molar-refractivity contribution is 5.68. The number of carbonyl (C=O) groups is 1. The highest BCUT2D eigenvalue weighted by Crippen LogP contribution is 2.50. The zero-order valence-electron chi connectivity index (χ0n) is 12.9. The number of carbonyl (C=O) groups excluding carboxylic acids is 1. The predicted molar refractivity (Wildman–Crippen MR) is 77.8 cm³/mol. The maximum Gasteiger partial charge on any atom is 0.419 e. The minimum Gasteiger partial charge on any atom is -0.438 e. The van der Waals surface area contributed by atoms with Gasteiger partial charge in [0.25, 0.3) is 0 Å². The lowest BCUT2D eigenvalue weighted by Crippen LogP contribution is -2.38. The van der Waals surface area contributed by atoms with Gasteiger partial charge in [0.2, 0.25) is 0 Å². The van der Waals surface area contributed by atoms with Gasteiger partial charge in [-0.2, -0.15) is 13.2 Å². The monoisotopic (exact) mass is 346 g/mol. The smallest absolute Gasteiger partial charge is 0.419 e. The van der Waals surface area contributed by atoms with Crippen LogP contribution in [0.15, 0.2) is 18.2 Å². The second kappa shape index (κ2) is 6.23. The van der Waals surface area contributed by atoms with Crippen molar-refractivity contribution >= 4 is 6.09 Å². The molecule has 4 nitrogen and oxygen atoms in total. The van der Waals surface area contributed by atoms with Crippen molar-refractivity contribution in [3.63, 3.8) is 0 Å². The molecule has 3 rings (SSSR count). The molecule has 1 aliphatic heterocycles. The van der Waals surface area contributed by atoms with Crippen molar-refractivity contribution in [3.8, 4) is 0 Å². The average molecular weight is 346 g/mol. The number of benzene rings is 1. The molecule has 1 saturated carbocycles. The van der Waals surface area contributed by atoms with E-state index in [0.717, 1.165) is 31.5 Å². The van der Waals surface area contributed by atoms with Crippen LogP contribution in [-0.2, 0) is 16.5 Å².